The van der Waals surface area contributed by atoms with Crippen molar-refractivity contribution < 1.29 is 19.1 Å². The molecule has 1 unspecified atom stereocenters. The highest BCUT2D eigenvalue weighted by Crippen LogP contribution is 2.39. The molecule has 2 aromatic carbocycles. The number of methoxy groups -OCH3 is 1. The number of nitrogens with one attached hydrogen (secondary N) is 3. The third-order valence-electron chi connectivity index (χ3n) is 5.10. The van der Waals surface area contributed by atoms with Crippen LogP contribution in [0.4, 0.5) is 17.2 Å². The van der Waals surface area contributed by atoms with Crippen molar-refractivity contribution in [3.05, 3.63) is 59.2 Å². The standard InChI is InChI=1S/C23H22ClN5O4/c1-13(30)25-16-7-9-17(10-8-16)26-20(31)11-19-23(32)27-22-21(14-3-5-15(24)6-4-14)18(12-33-2)28-29(19)22/h3-10,19H,11-12H2,1-2H3,(H,25,30)(H,26,31)(H,27,32). The van der Waals surface area contributed by atoms with Gasteiger partial charge in [-0.3, -0.25) is 14.4 Å². The molecule has 3 aromatic rings. The van der Waals surface area contributed by atoms with E-state index < -0.39 is 6.04 Å². The van der Waals surface area contributed by atoms with E-state index in [9.17, 15) is 14.4 Å². The van der Waals surface area contributed by atoms with Gasteiger partial charge in [0.25, 0.3) is 5.91 Å². The Bertz CT molecular complexity index is 1200. The van der Waals surface area contributed by atoms with Gasteiger partial charge in [0.15, 0.2) is 0 Å². The summed E-state index contributed by atoms with van der Waals surface area (Å²) in [6.07, 6.45) is -0.0968. The number of hydrogen-bond donors (Lipinski definition) is 3. The fourth-order valence-electron chi connectivity index (χ4n) is 3.70. The molecule has 0 bridgehead atoms. The number of ether oxygens (including phenoxy) is 1. The minimum atomic E-state index is -0.796. The zero-order chi connectivity index (χ0) is 23.5. The Morgan fingerprint density at radius 2 is 1.73 bits per heavy atom. The maximum atomic E-state index is 12.7. The van der Waals surface area contributed by atoms with Crippen molar-refractivity contribution in [1.29, 1.82) is 0 Å². The molecule has 0 fully saturated rings. The van der Waals surface area contributed by atoms with E-state index in [1.807, 2.05) is 12.1 Å². The molecule has 9 nitrogen and oxygen atoms in total. The van der Waals surface area contributed by atoms with Gasteiger partial charge in [0.05, 0.1) is 18.7 Å². The summed E-state index contributed by atoms with van der Waals surface area (Å²) in [6.45, 7) is 1.66. The quantitative estimate of drug-likeness (QED) is 0.488. The van der Waals surface area contributed by atoms with Gasteiger partial charge in [-0.25, -0.2) is 4.68 Å². The topological polar surface area (TPSA) is 114 Å². The number of rotatable bonds is 7. The largest absolute Gasteiger partial charge is 0.378 e. The normalized spacial score (nSPS) is 14.5. The molecule has 1 atom stereocenters. The Morgan fingerprint density at radius 1 is 1.09 bits per heavy atom. The number of nitrogens with zero attached hydrogens (tertiary/aromatic N) is 2. The minimum Gasteiger partial charge on any atom is -0.378 e. The van der Waals surface area contributed by atoms with E-state index in [2.05, 4.69) is 21.0 Å². The minimum absolute atomic E-state index is 0.0968. The van der Waals surface area contributed by atoms with Crippen molar-refractivity contribution in [2.24, 2.45) is 0 Å². The van der Waals surface area contributed by atoms with Crippen LogP contribution in [0.1, 0.15) is 25.1 Å². The highest BCUT2D eigenvalue weighted by Gasteiger charge is 2.37. The molecule has 0 radical (unpaired) electrons. The SMILES string of the molecule is COCc1nn2c(c1-c1ccc(Cl)cc1)NC(=O)C2CC(=O)Nc1ccc(NC(C)=O)cc1. The van der Waals surface area contributed by atoms with Crippen LogP contribution in [0.3, 0.4) is 0 Å². The number of fused-ring (bicyclic) bond motifs is 1. The van der Waals surface area contributed by atoms with Crippen molar-refractivity contribution in [3.8, 4) is 11.1 Å². The second-order valence-electron chi connectivity index (χ2n) is 7.57. The number of anilines is 3. The fraction of sp³-hybridized carbons (Fsp3) is 0.217. The van der Waals surface area contributed by atoms with E-state index in [1.54, 1.807) is 48.2 Å². The molecule has 0 saturated carbocycles. The maximum absolute atomic E-state index is 12.7. The highest BCUT2D eigenvalue weighted by molar-refractivity contribution is 6.30. The summed E-state index contributed by atoms with van der Waals surface area (Å²) in [4.78, 5) is 36.5. The van der Waals surface area contributed by atoms with Crippen molar-refractivity contribution in [2.45, 2.75) is 26.0 Å². The fourth-order valence-corrected chi connectivity index (χ4v) is 3.83. The Balaban J connectivity index is 1.54. The second kappa shape index (κ2) is 9.43. The van der Waals surface area contributed by atoms with Crippen LogP contribution in [-0.2, 0) is 25.7 Å². The zero-order valence-corrected chi connectivity index (χ0v) is 18.8. The first-order chi connectivity index (χ1) is 15.9. The number of hydrogen-bond acceptors (Lipinski definition) is 5. The van der Waals surface area contributed by atoms with Crippen LogP contribution in [-0.4, -0.2) is 34.6 Å². The lowest BCUT2D eigenvalue weighted by Crippen LogP contribution is -2.24. The number of carbonyl (C=O) groups is 3. The number of aromatic nitrogens is 2. The molecule has 2 heterocycles. The Labute approximate surface area is 195 Å². The first-order valence-corrected chi connectivity index (χ1v) is 10.6. The van der Waals surface area contributed by atoms with E-state index in [4.69, 9.17) is 16.3 Å². The van der Waals surface area contributed by atoms with Crippen molar-refractivity contribution in [2.75, 3.05) is 23.1 Å². The third kappa shape index (κ3) is 4.89. The van der Waals surface area contributed by atoms with Crippen LogP contribution >= 0.6 is 11.6 Å². The van der Waals surface area contributed by atoms with Crippen LogP contribution < -0.4 is 16.0 Å². The van der Waals surface area contributed by atoms with Gasteiger partial charge >= 0.3 is 0 Å². The van der Waals surface area contributed by atoms with Crippen LogP contribution in [0.15, 0.2) is 48.5 Å². The van der Waals surface area contributed by atoms with E-state index in [1.165, 1.54) is 6.92 Å². The van der Waals surface area contributed by atoms with Crippen LogP contribution in [0.25, 0.3) is 11.1 Å². The van der Waals surface area contributed by atoms with Gasteiger partial charge in [-0.1, -0.05) is 23.7 Å². The third-order valence-corrected chi connectivity index (χ3v) is 5.36. The van der Waals surface area contributed by atoms with Crippen molar-refractivity contribution in [1.82, 2.24) is 9.78 Å². The Morgan fingerprint density at radius 3 is 2.33 bits per heavy atom. The molecule has 1 aliphatic heterocycles. The molecule has 3 N–H and O–H groups in total. The average Bonchev–Trinajstić information content (AvgIpc) is 3.25. The molecule has 0 spiro atoms. The monoisotopic (exact) mass is 467 g/mol. The van der Waals surface area contributed by atoms with Crippen molar-refractivity contribution >= 4 is 46.5 Å². The Hall–Kier alpha value is -3.69. The molecule has 4 rings (SSSR count). The molecular weight excluding hydrogens is 446 g/mol. The Kier molecular flexibility index (Phi) is 6.43. The van der Waals surface area contributed by atoms with E-state index in [0.29, 0.717) is 27.9 Å². The summed E-state index contributed by atoms with van der Waals surface area (Å²) in [5, 5.41) is 13.5. The first-order valence-electron chi connectivity index (χ1n) is 10.2. The predicted molar refractivity (Wildman–Crippen MR) is 125 cm³/mol. The number of benzene rings is 2. The van der Waals surface area contributed by atoms with Gasteiger partial charge in [-0.15, -0.1) is 0 Å². The highest BCUT2D eigenvalue weighted by atomic mass is 35.5. The van der Waals surface area contributed by atoms with Crippen molar-refractivity contribution in [3.63, 3.8) is 0 Å². The van der Waals surface area contributed by atoms with Gasteiger partial charge in [-0.05, 0) is 42.0 Å². The molecule has 10 heteroatoms. The molecule has 1 aromatic heterocycles. The summed E-state index contributed by atoms with van der Waals surface area (Å²) >= 11 is 6.01. The smallest absolute Gasteiger partial charge is 0.251 e. The molecular formula is C23H22ClN5O4. The van der Waals surface area contributed by atoms with Gasteiger partial charge in [-0.2, -0.15) is 5.10 Å². The number of halogens is 1. The van der Waals surface area contributed by atoms with Gasteiger partial charge in [0.2, 0.25) is 11.8 Å². The van der Waals surface area contributed by atoms with Gasteiger partial charge in [0, 0.05) is 36.0 Å². The molecule has 170 valence electrons. The lowest BCUT2D eigenvalue weighted by atomic mass is 10.1. The zero-order valence-electron chi connectivity index (χ0n) is 18.0. The lowest BCUT2D eigenvalue weighted by Gasteiger charge is -2.11. The number of carbonyl (C=O) groups excluding carboxylic acids is 3. The maximum Gasteiger partial charge on any atom is 0.251 e. The summed E-state index contributed by atoms with van der Waals surface area (Å²) in [5.41, 5.74) is 3.39. The second-order valence-corrected chi connectivity index (χ2v) is 8.01. The number of amides is 3. The first kappa shape index (κ1) is 22.5. The lowest BCUT2D eigenvalue weighted by molar-refractivity contribution is -0.123. The molecule has 1 aliphatic rings. The molecule has 3 amide bonds. The van der Waals surface area contributed by atoms with Gasteiger partial charge in [0.1, 0.15) is 11.9 Å². The van der Waals surface area contributed by atoms with E-state index >= 15 is 0 Å². The predicted octanol–water partition coefficient (Wildman–Crippen LogP) is 3.83. The summed E-state index contributed by atoms with van der Waals surface area (Å²) in [7, 11) is 1.57. The van der Waals surface area contributed by atoms with E-state index in [0.717, 1.165) is 11.1 Å². The summed E-state index contributed by atoms with van der Waals surface area (Å²) in [5.74, 6) is -0.313. The summed E-state index contributed by atoms with van der Waals surface area (Å²) < 4.78 is 6.83. The van der Waals surface area contributed by atoms with Crippen LogP contribution in [0, 0.1) is 0 Å². The van der Waals surface area contributed by atoms with Crippen LogP contribution in [0.5, 0.6) is 0 Å². The van der Waals surface area contributed by atoms with Gasteiger partial charge < -0.3 is 20.7 Å². The van der Waals surface area contributed by atoms with Crippen LogP contribution in [0.2, 0.25) is 5.02 Å². The van der Waals surface area contributed by atoms with E-state index in [-0.39, 0.29) is 30.7 Å². The summed E-state index contributed by atoms with van der Waals surface area (Å²) in [6, 6.07) is 13.1. The molecule has 33 heavy (non-hydrogen) atoms. The molecule has 0 saturated heterocycles. The average molecular weight is 468 g/mol. The molecule has 0 aliphatic carbocycles.